The lowest BCUT2D eigenvalue weighted by Gasteiger charge is -2.03. The summed E-state index contributed by atoms with van der Waals surface area (Å²) < 4.78 is 8.15. The van der Waals surface area contributed by atoms with Gasteiger partial charge in [-0.3, -0.25) is 9.20 Å². The van der Waals surface area contributed by atoms with Gasteiger partial charge in [-0.1, -0.05) is 23.1 Å². The predicted molar refractivity (Wildman–Crippen MR) is 99.0 cm³/mol. The molecule has 0 aliphatic carbocycles. The molecule has 0 spiro atoms. The first kappa shape index (κ1) is 17.3. The summed E-state index contributed by atoms with van der Waals surface area (Å²) in [6.45, 7) is 1.30. The van der Waals surface area contributed by atoms with Gasteiger partial charge in [-0.15, -0.1) is 10.2 Å². The van der Waals surface area contributed by atoms with E-state index in [-0.39, 0.29) is 5.56 Å². The highest BCUT2D eigenvalue weighted by atomic mass is 79.9. The van der Waals surface area contributed by atoms with Crippen molar-refractivity contribution in [3.63, 3.8) is 0 Å². The van der Waals surface area contributed by atoms with Gasteiger partial charge in [0.15, 0.2) is 4.34 Å². The molecule has 0 saturated carbocycles. The number of thioether (sulfide) groups is 1. The van der Waals surface area contributed by atoms with E-state index in [0.717, 1.165) is 19.6 Å². The van der Waals surface area contributed by atoms with Crippen molar-refractivity contribution in [2.45, 2.75) is 10.1 Å². The molecule has 0 aliphatic heterocycles. The minimum atomic E-state index is -0.101. The van der Waals surface area contributed by atoms with Crippen molar-refractivity contribution in [2.75, 3.05) is 25.6 Å². The van der Waals surface area contributed by atoms with E-state index < -0.39 is 0 Å². The third kappa shape index (κ3) is 4.32. The maximum absolute atomic E-state index is 12.2. The van der Waals surface area contributed by atoms with Crippen LogP contribution in [0.25, 0.3) is 5.65 Å². The molecule has 0 bridgehead atoms. The Morgan fingerprint density at radius 2 is 2.29 bits per heavy atom. The summed E-state index contributed by atoms with van der Waals surface area (Å²) in [5, 5.41) is 12.1. The third-order valence-electron chi connectivity index (χ3n) is 3.01. The van der Waals surface area contributed by atoms with E-state index in [2.05, 4.69) is 36.4 Å². The summed E-state index contributed by atoms with van der Waals surface area (Å²) >= 11 is 6.33. The number of rotatable bonds is 7. The zero-order valence-corrected chi connectivity index (χ0v) is 15.9. The molecule has 3 rings (SSSR count). The minimum Gasteiger partial charge on any atom is -0.383 e. The minimum absolute atomic E-state index is 0.101. The van der Waals surface area contributed by atoms with Gasteiger partial charge >= 0.3 is 0 Å². The van der Waals surface area contributed by atoms with Gasteiger partial charge in [-0.05, 0) is 28.1 Å². The number of fused-ring (bicyclic) bond motifs is 1. The number of methoxy groups -OCH3 is 1. The molecule has 3 heterocycles. The molecule has 0 atom stereocenters. The molecule has 1 N–H and O–H groups in total. The summed E-state index contributed by atoms with van der Waals surface area (Å²) in [7, 11) is 1.65. The number of hydrogen-bond acceptors (Lipinski definition) is 8. The molecule has 10 heteroatoms. The number of nitrogens with one attached hydrogen (secondary N) is 1. The summed E-state index contributed by atoms with van der Waals surface area (Å²) in [5.74, 6) is 0.564. The molecule has 0 fully saturated rings. The molecule has 24 heavy (non-hydrogen) atoms. The zero-order valence-electron chi connectivity index (χ0n) is 12.7. The highest BCUT2D eigenvalue weighted by Crippen LogP contribution is 2.27. The maximum Gasteiger partial charge on any atom is 0.258 e. The molecule has 0 saturated heterocycles. The van der Waals surface area contributed by atoms with Gasteiger partial charge in [-0.25, -0.2) is 4.98 Å². The van der Waals surface area contributed by atoms with Crippen molar-refractivity contribution < 1.29 is 4.74 Å². The van der Waals surface area contributed by atoms with Crippen molar-refractivity contribution in [3.05, 3.63) is 44.9 Å². The predicted octanol–water partition coefficient (Wildman–Crippen LogP) is 2.66. The highest BCUT2D eigenvalue weighted by molar-refractivity contribution is 9.10. The number of pyridine rings is 1. The number of anilines is 1. The van der Waals surface area contributed by atoms with Gasteiger partial charge in [0.2, 0.25) is 5.13 Å². The Hall–Kier alpha value is -1.49. The molecule has 0 unspecified atom stereocenters. The lowest BCUT2D eigenvalue weighted by Crippen LogP contribution is -2.15. The van der Waals surface area contributed by atoms with E-state index in [0.29, 0.717) is 24.6 Å². The van der Waals surface area contributed by atoms with Crippen LogP contribution >= 0.6 is 39.0 Å². The quantitative estimate of drug-likeness (QED) is 0.458. The molecule has 3 aromatic rings. The fourth-order valence-corrected chi connectivity index (χ4v) is 3.94. The van der Waals surface area contributed by atoms with E-state index in [9.17, 15) is 4.79 Å². The molecule has 7 nitrogen and oxygen atoms in total. The fourth-order valence-electron chi connectivity index (χ4n) is 1.94. The molecule has 0 radical (unpaired) electrons. The van der Waals surface area contributed by atoms with E-state index in [1.165, 1.54) is 27.5 Å². The van der Waals surface area contributed by atoms with Crippen molar-refractivity contribution in [1.82, 2.24) is 19.6 Å². The van der Waals surface area contributed by atoms with Crippen LogP contribution < -0.4 is 10.9 Å². The Labute approximate surface area is 154 Å². The summed E-state index contributed by atoms with van der Waals surface area (Å²) in [5.41, 5.74) is 1.24. The molecule has 126 valence electrons. The average Bonchev–Trinajstić information content (AvgIpc) is 3.02. The first-order chi connectivity index (χ1) is 11.7. The highest BCUT2D eigenvalue weighted by Gasteiger charge is 2.07. The van der Waals surface area contributed by atoms with Crippen LogP contribution in [0, 0.1) is 0 Å². The SMILES string of the molecule is COCCNc1nnc(SCc2cc(=O)n3cc(Br)ccc3n2)s1. The standard InChI is InChI=1S/C14H14BrN5O2S2/c1-22-5-4-16-13-18-19-14(24-13)23-8-10-6-12(21)20-7-9(15)2-3-11(20)17-10/h2-3,6-7H,4-5,8H2,1H3,(H,16,18). The Bertz CT molecular complexity index is 898. The van der Waals surface area contributed by atoms with E-state index in [4.69, 9.17) is 4.74 Å². The van der Waals surface area contributed by atoms with Gasteiger partial charge in [0.25, 0.3) is 5.56 Å². The second kappa shape index (κ2) is 8.06. The first-order valence-electron chi connectivity index (χ1n) is 7.02. The summed E-state index contributed by atoms with van der Waals surface area (Å²) in [6, 6.07) is 5.22. The Morgan fingerprint density at radius 1 is 1.42 bits per heavy atom. The zero-order chi connectivity index (χ0) is 16.9. The molecule has 3 aromatic heterocycles. The molecular weight excluding hydrogens is 414 g/mol. The van der Waals surface area contributed by atoms with Gasteiger partial charge in [0.1, 0.15) is 5.65 Å². The van der Waals surface area contributed by atoms with E-state index >= 15 is 0 Å². The Balaban J connectivity index is 1.67. The molecule has 0 aromatic carbocycles. The van der Waals surface area contributed by atoms with Crippen molar-refractivity contribution in [2.24, 2.45) is 0 Å². The normalized spacial score (nSPS) is 11.1. The van der Waals surface area contributed by atoms with Crippen LogP contribution in [0.5, 0.6) is 0 Å². The largest absolute Gasteiger partial charge is 0.383 e. The molecule has 0 amide bonds. The van der Waals surface area contributed by atoms with Gasteiger partial charge in [-0.2, -0.15) is 0 Å². The summed E-state index contributed by atoms with van der Waals surface area (Å²) in [4.78, 5) is 16.7. The van der Waals surface area contributed by atoms with Crippen LogP contribution in [0.3, 0.4) is 0 Å². The maximum atomic E-state index is 12.2. The number of aromatic nitrogens is 4. The van der Waals surface area contributed by atoms with Crippen molar-refractivity contribution in [3.8, 4) is 0 Å². The molecular formula is C14H14BrN5O2S2. The first-order valence-corrected chi connectivity index (χ1v) is 9.62. The lowest BCUT2D eigenvalue weighted by atomic mass is 10.4. The van der Waals surface area contributed by atoms with Crippen molar-refractivity contribution >= 4 is 49.8 Å². The second-order valence-electron chi connectivity index (χ2n) is 4.74. The van der Waals surface area contributed by atoms with E-state index in [1.807, 2.05) is 12.1 Å². The smallest absolute Gasteiger partial charge is 0.258 e. The second-order valence-corrected chi connectivity index (χ2v) is 7.86. The third-order valence-corrected chi connectivity index (χ3v) is 5.53. The monoisotopic (exact) mass is 427 g/mol. The number of nitrogens with zero attached hydrogens (tertiary/aromatic N) is 4. The van der Waals surface area contributed by atoms with Gasteiger partial charge < -0.3 is 10.1 Å². The van der Waals surface area contributed by atoms with Crippen LogP contribution in [-0.4, -0.2) is 39.8 Å². The van der Waals surface area contributed by atoms with Crippen LogP contribution in [0.15, 0.2) is 38.0 Å². The number of ether oxygens (including phenoxy) is 1. The Kier molecular flexibility index (Phi) is 5.82. The van der Waals surface area contributed by atoms with Crippen LogP contribution in [0.4, 0.5) is 5.13 Å². The van der Waals surface area contributed by atoms with Crippen molar-refractivity contribution in [1.29, 1.82) is 0 Å². The number of hydrogen-bond donors (Lipinski definition) is 1. The van der Waals surface area contributed by atoms with Gasteiger partial charge in [0.05, 0.1) is 12.3 Å². The molecule has 0 aliphatic rings. The van der Waals surface area contributed by atoms with Crippen LogP contribution in [-0.2, 0) is 10.5 Å². The van der Waals surface area contributed by atoms with Crippen LogP contribution in [0.2, 0.25) is 0 Å². The Morgan fingerprint density at radius 3 is 3.12 bits per heavy atom. The fraction of sp³-hybridized carbons (Fsp3) is 0.286. The number of halogens is 1. The van der Waals surface area contributed by atoms with Gasteiger partial charge in [0, 0.05) is 36.1 Å². The topological polar surface area (TPSA) is 81.4 Å². The summed E-state index contributed by atoms with van der Waals surface area (Å²) in [6.07, 6.45) is 1.71. The average molecular weight is 428 g/mol. The lowest BCUT2D eigenvalue weighted by molar-refractivity contribution is 0.211. The van der Waals surface area contributed by atoms with E-state index in [1.54, 1.807) is 19.4 Å². The van der Waals surface area contributed by atoms with Crippen LogP contribution in [0.1, 0.15) is 5.69 Å².